The van der Waals surface area contributed by atoms with E-state index in [0.29, 0.717) is 74.1 Å². The largest absolute Gasteiger partial charge is 0.396 e. The lowest BCUT2D eigenvalue weighted by atomic mass is 9.88. The summed E-state index contributed by atoms with van der Waals surface area (Å²) in [4.78, 5) is 89.7. The molecular weight excluding hydrogens is 2070 g/mol. The van der Waals surface area contributed by atoms with Crippen molar-refractivity contribution in [1.29, 1.82) is 0 Å². The van der Waals surface area contributed by atoms with Gasteiger partial charge in [-0.2, -0.15) is 0 Å². The zero-order valence-corrected chi connectivity index (χ0v) is 83.2. The topological polar surface area (TPSA) is 279 Å². The Morgan fingerprint density at radius 3 is 0.909 bits per heavy atom. The highest BCUT2D eigenvalue weighted by Crippen LogP contribution is 2.57. The molecule has 0 bridgehead atoms. The predicted octanol–water partition coefficient (Wildman–Crippen LogP) is 23.1. The number of ketones is 1. The van der Waals surface area contributed by atoms with Gasteiger partial charge >= 0.3 is 0 Å². The Hall–Kier alpha value is -10.9. The fourth-order valence-corrected chi connectivity index (χ4v) is 18.2. The first-order chi connectivity index (χ1) is 71.8. The van der Waals surface area contributed by atoms with Crippen LogP contribution in [0.25, 0.3) is 0 Å². The minimum atomic E-state index is -3.20. The molecule has 7 aliphatic rings. The molecule has 746 valence electrons. The van der Waals surface area contributed by atoms with E-state index in [0.717, 1.165) is 56.9 Å². The Morgan fingerprint density at radius 1 is 0.371 bits per heavy atom. The molecule has 8 aromatic carbocycles. The van der Waals surface area contributed by atoms with Crippen molar-refractivity contribution in [2.45, 2.75) is 165 Å². The molecule has 3 unspecified atom stereocenters. The number of amides is 4. The molecule has 4 atom stereocenters. The Bertz CT molecular complexity index is 7430. The highest BCUT2D eigenvalue weighted by atomic mass is 79.9. The number of halogens is 14. The minimum Gasteiger partial charge on any atom is -0.396 e. The maximum atomic E-state index is 14.3. The van der Waals surface area contributed by atoms with E-state index in [1.54, 1.807) is 91.0 Å². The van der Waals surface area contributed by atoms with Crippen LogP contribution in [0.15, 0.2) is 252 Å². The van der Waals surface area contributed by atoms with Crippen molar-refractivity contribution in [2.75, 3.05) is 39.4 Å². The Labute approximate surface area is 873 Å². The van der Waals surface area contributed by atoms with Crippen molar-refractivity contribution in [3.63, 3.8) is 0 Å². The zero-order valence-electron chi connectivity index (χ0n) is 89.0. The summed E-state index contributed by atoms with van der Waals surface area (Å²) in [5, 5.41) is 55.1. The van der Waals surface area contributed by atoms with E-state index in [9.17, 15) is 84.6 Å². The number of fused-ring (bicyclic) bond motifs is 4. The first kappa shape index (κ1) is 89.7. The molecule has 0 radical (unpaired) electrons. The first-order valence-electron chi connectivity index (χ1n) is 50.6. The number of carbonyl (C=O) groups is 5. The highest BCUT2D eigenvalue weighted by Gasteiger charge is 2.60. The minimum absolute atomic E-state index is 0.00445. The number of aliphatic hydroxyl groups is 5. The molecule has 4 aromatic heterocycles. The van der Waals surface area contributed by atoms with Gasteiger partial charge in [0.1, 0.15) is 0 Å². The van der Waals surface area contributed by atoms with Gasteiger partial charge in [0.25, 0.3) is 47.3 Å². The third-order valence-corrected chi connectivity index (χ3v) is 27.6. The van der Waals surface area contributed by atoms with Gasteiger partial charge in [-0.25, -0.2) is 35.1 Å². The summed E-state index contributed by atoms with van der Waals surface area (Å²) in [5.74, 6) is -15.1. The summed E-state index contributed by atoms with van der Waals surface area (Å²) in [7, 11) is 0. The van der Waals surface area contributed by atoms with Crippen LogP contribution >= 0.6 is 78.3 Å². The fraction of sp³-hybridized carbons (Fsp3) is 0.324. The third-order valence-electron chi connectivity index (χ3n) is 25.7. The molecule has 143 heavy (non-hydrogen) atoms. The van der Waals surface area contributed by atoms with Crippen LogP contribution in [-0.2, 0) is 92.6 Å². The molecule has 4 aliphatic heterocycles. The molecule has 3 saturated carbocycles. The Morgan fingerprint density at radius 2 is 0.629 bits per heavy atom. The summed E-state index contributed by atoms with van der Waals surface area (Å²) >= 11 is 30.6. The normalized spacial score (nSPS) is 21.7. The molecule has 12 aromatic rings. The van der Waals surface area contributed by atoms with E-state index >= 15 is 0 Å². The number of nitrogens with zero attached hydrogens (tertiary/aromatic N) is 8. The molecule has 3 aliphatic carbocycles. The van der Waals surface area contributed by atoms with E-state index in [1.165, 1.54) is 163 Å². The van der Waals surface area contributed by atoms with Crippen LogP contribution in [-0.4, -0.2) is 134 Å². The summed E-state index contributed by atoms with van der Waals surface area (Å²) in [6.07, 6.45) is 5.36. The lowest BCUT2D eigenvalue weighted by Crippen LogP contribution is -2.47. The van der Waals surface area contributed by atoms with Gasteiger partial charge in [-0.15, -0.1) is 0 Å². The first-order valence-corrected chi connectivity index (χ1v) is 47.7. The van der Waals surface area contributed by atoms with Crippen LogP contribution < -0.4 is 0 Å². The van der Waals surface area contributed by atoms with E-state index < -0.39 is 131 Å². The van der Waals surface area contributed by atoms with Gasteiger partial charge in [0.05, 0.1) is 130 Å². The van der Waals surface area contributed by atoms with Crippen molar-refractivity contribution < 1.29 is 115 Å². The van der Waals surface area contributed by atoms with Gasteiger partial charge in [0.2, 0.25) is 0 Å². The van der Waals surface area contributed by atoms with Crippen molar-refractivity contribution in [3.8, 4) is 0 Å². The Kier molecular flexibility index (Phi) is 25.2. The number of carbonyl (C=O) groups excluding carboxylic acids is 5. The van der Waals surface area contributed by atoms with Gasteiger partial charge in [-0.3, -0.25) is 63.5 Å². The van der Waals surface area contributed by atoms with Gasteiger partial charge in [0.15, 0.2) is 28.7 Å². The molecule has 35 heteroatoms. The fourth-order valence-electron chi connectivity index (χ4n) is 17.1. The van der Waals surface area contributed by atoms with E-state index in [2.05, 4.69) is 51.8 Å². The van der Waals surface area contributed by atoms with Gasteiger partial charge in [-0.1, -0.05) is 212 Å². The molecule has 8 heterocycles. The number of Topliss-reactive ketones (excluding diaryl/α,β-unsaturated/α-hetero) is 1. The van der Waals surface area contributed by atoms with Crippen molar-refractivity contribution >= 4 is 108 Å². The predicted molar refractivity (Wildman–Crippen MR) is 526 cm³/mol. The number of hydrogen-bond acceptors (Lipinski definition) is 17. The maximum Gasteiger partial charge on any atom is 0.270 e. The van der Waals surface area contributed by atoms with Crippen LogP contribution in [0, 0.1) is 16.2 Å². The summed E-state index contributed by atoms with van der Waals surface area (Å²) in [6.45, 7) is -10.8. The summed E-state index contributed by atoms with van der Waals surface area (Å²) < 4.78 is 234. The second-order valence-electron chi connectivity index (χ2n) is 36.6. The molecule has 0 spiro atoms. The zero-order chi connectivity index (χ0) is 114. The average molecular weight is 2180 g/mol. The average Bonchev–Trinajstić information content (AvgIpc) is 1.53. The van der Waals surface area contributed by atoms with Crippen molar-refractivity contribution in [2.24, 2.45) is 16.2 Å². The van der Waals surface area contributed by atoms with Crippen molar-refractivity contribution in [1.82, 2.24) is 39.5 Å². The summed E-state index contributed by atoms with van der Waals surface area (Å²) in [6, 6.07) is 51.3. The van der Waals surface area contributed by atoms with Crippen LogP contribution in [0.3, 0.4) is 0 Å². The second-order valence-corrected chi connectivity index (χ2v) is 40.2. The van der Waals surface area contributed by atoms with Crippen molar-refractivity contribution in [3.05, 3.63) is 395 Å². The lowest BCUT2D eigenvalue weighted by Gasteiger charge is -2.40. The number of pyridine rings is 4. The van der Waals surface area contributed by atoms with Crippen LogP contribution in [0.5, 0.6) is 0 Å². The SMILES string of the molecule is CC(F)(F)c1ccc(C2(O)c3ccc(Br)cc3C(=O)N2Cc2ccc(Cl)cn2)cc1.[2H]C([2H])(O)C1(C([2H])([2H])OC2(c3ccc(C(C)(F)F)cc3)c3ccc(Br)cc3C(=O)N2Cc2ccc(Cl)cn2)CC1.[2H]C([2H])(O)C1(C([2H])([2H])OC2(c3ccc(C(C)(F)F)cc3)c3ccc(C(C)=O)cc3C(=O)N2Cc2ccc(Cl)cn2)CC1.[2H]C([2H])(O)C1(C([2H])([2H])O[C@]2(c3ccc(C(C)(F)F)cc3)c3ccc(C(C)(C)O)cc3C(=O)N2Cc2ccc(Cl)cn2)CC1. The molecule has 4 amide bonds. The number of ether oxygens (including phenoxy) is 3. The number of rotatable bonds is 30. The quantitative estimate of drug-likeness (QED) is 0.0207. The molecule has 3 fully saturated rings. The third kappa shape index (κ3) is 21.3. The monoisotopic (exact) mass is 2180 g/mol. The second kappa shape index (κ2) is 40.2. The number of alkyl halides is 8. The van der Waals surface area contributed by atoms with E-state index in [4.69, 9.17) is 77.1 Å². The van der Waals surface area contributed by atoms with Gasteiger partial charge < -0.3 is 39.7 Å². The lowest BCUT2D eigenvalue weighted by molar-refractivity contribution is -0.129. The highest BCUT2D eigenvalue weighted by molar-refractivity contribution is 9.10. The van der Waals surface area contributed by atoms with Gasteiger partial charge in [0, 0.05) is 172 Å². The molecule has 19 rings (SSSR count). The van der Waals surface area contributed by atoms with E-state index in [-0.39, 0.29) is 148 Å². The van der Waals surface area contributed by atoms with Crippen LogP contribution in [0.2, 0.25) is 20.1 Å². The molecule has 5 N–H and O–H groups in total. The number of hydrogen-bond donors (Lipinski definition) is 5. The smallest absolute Gasteiger partial charge is 0.270 e. The maximum absolute atomic E-state index is 14.3. The van der Waals surface area contributed by atoms with Crippen LogP contribution in [0.1, 0.15) is 250 Å². The van der Waals surface area contributed by atoms with Gasteiger partial charge in [-0.05, 0) is 150 Å². The number of aromatic nitrogens is 4. The molecule has 21 nitrogen and oxygen atoms in total. The molecular formula is C108H98Br2Cl4F8N8O13. The number of benzene rings is 8. The Balaban J connectivity index is 0.000000147. The summed E-state index contributed by atoms with van der Waals surface area (Å²) in [5.41, 5.74) is -12.3. The molecule has 0 saturated heterocycles. The standard InChI is InChI=1S/C30H31ClF2N2O4.C29H27ClF2N2O4.C27H24BrClF2N2O3.C22H16BrClF2N2O2/c1-27(2,38)21-8-11-25-24(14-21)26(37)35(16-23-10-9-22(31)15-34-23)30(25,39-18-29(17-36)12-13-29)20-6-4-19(5-7-20)28(3,32)33;1-18(36)19-3-10-25-24(13-19)26(37)34(15-23-9-8-22(30)14-33-23)29(25,38-17-28(16-35)11-12-28)21-6-4-20(5-7-21)27(2,31)32;1-25(30,31)17-2-4-18(5-3-17)27(36-16-26(15-34)10-11-26)23-9-6-19(28)12-22(23)24(35)33(27)14-21-8-7-20(29)13-32-21;1-21(25,26)13-2-4-14(5-3-13)22(30)19-9-6-15(23)10-18(19)20(29)28(22)12-17-8-7-16(24)11-27-17/h4-11,14-15,36,38H,12-13,16-18H2,1-3H3;3-10,13-14,35H,11-12,15-17H2,1-2H3;2-9,12-13,34H,10-11,14-16H2,1H3;2-11,30H,12H2,1H3/t30-;;;/m1.../s1/i17D2,18D2;16D2,17D2;15D2,16D2;. The van der Waals surface area contributed by atoms with E-state index in [1.807, 2.05) is 0 Å². The van der Waals surface area contributed by atoms with Crippen LogP contribution in [0.4, 0.5) is 35.1 Å².